The van der Waals surface area contributed by atoms with Crippen LogP contribution in [0.4, 0.5) is 11.4 Å². The van der Waals surface area contributed by atoms with E-state index in [4.69, 9.17) is 5.73 Å². The van der Waals surface area contributed by atoms with Crippen molar-refractivity contribution in [3.05, 3.63) is 24.3 Å². The van der Waals surface area contributed by atoms with E-state index in [1.54, 1.807) is 0 Å². The Morgan fingerprint density at radius 3 is 2.60 bits per heavy atom. The fraction of sp³-hybridized carbons (Fsp3) is 0.647. The van der Waals surface area contributed by atoms with Crippen LogP contribution in [-0.4, -0.2) is 32.7 Å². The van der Waals surface area contributed by atoms with Crippen LogP contribution < -0.4 is 15.5 Å². The molecular formula is C17H27N3. The van der Waals surface area contributed by atoms with Crippen LogP contribution in [0, 0.1) is 5.92 Å². The zero-order valence-electron chi connectivity index (χ0n) is 12.6. The topological polar surface area (TPSA) is 32.5 Å². The van der Waals surface area contributed by atoms with Crippen molar-refractivity contribution in [3.63, 3.8) is 0 Å². The van der Waals surface area contributed by atoms with Gasteiger partial charge >= 0.3 is 0 Å². The Hall–Kier alpha value is -1.22. The maximum atomic E-state index is 6.08. The summed E-state index contributed by atoms with van der Waals surface area (Å²) in [5.41, 5.74) is 8.86. The lowest BCUT2D eigenvalue weighted by Crippen LogP contribution is -2.49. The number of para-hydroxylation sites is 2. The fourth-order valence-electron chi connectivity index (χ4n) is 3.92. The van der Waals surface area contributed by atoms with E-state index in [2.05, 4.69) is 41.1 Å². The molecule has 1 saturated carbocycles. The van der Waals surface area contributed by atoms with E-state index in [1.165, 1.54) is 43.5 Å². The first-order chi connectivity index (χ1) is 9.81. The number of hydrogen-bond acceptors (Lipinski definition) is 3. The molecule has 1 aromatic rings. The maximum absolute atomic E-state index is 6.08. The van der Waals surface area contributed by atoms with Crippen molar-refractivity contribution in [3.8, 4) is 0 Å². The van der Waals surface area contributed by atoms with Crippen molar-refractivity contribution in [2.45, 2.75) is 38.1 Å². The van der Waals surface area contributed by atoms with Crippen molar-refractivity contribution in [2.24, 2.45) is 11.7 Å². The summed E-state index contributed by atoms with van der Waals surface area (Å²) in [6.45, 7) is 3.08. The molecule has 1 fully saturated rings. The van der Waals surface area contributed by atoms with Gasteiger partial charge in [-0.25, -0.2) is 0 Å². The van der Waals surface area contributed by atoms with Gasteiger partial charge in [0.1, 0.15) is 0 Å². The Labute approximate surface area is 122 Å². The minimum absolute atomic E-state index is 0.636. The molecule has 3 heteroatoms. The first-order valence-electron chi connectivity index (χ1n) is 8.08. The predicted octanol–water partition coefficient (Wildman–Crippen LogP) is 2.85. The molecule has 1 aromatic carbocycles. The summed E-state index contributed by atoms with van der Waals surface area (Å²) in [6, 6.07) is 9.47. The molecule has 0 radical (unpaired) electrons. The molecule has 3 nitrogen and oxygen atoms in total. The Kier molecular flexibility index (Phi) is 4.16. The van der Waals surface area contributed by atoms with Crippen molar-refractivity contribution in [1.29, 1.82) is 0 Å². The molecule has 0 saturated heterocycles. The van der Waals surface area contributed by atoms with Crippen LogP contribution in [0.25, 0.3) is 0 Å². The first kappa shape index (κ1) is 13.7. The molecule has 3 rings (SSSR count). The number of fused-ring (bicyclic) bond motifs is 1. The number of hydrogen-bond donors (Lipinski definition) is 1. The highest BCUT2D eigenvalue weighted by Crippen LogP contribution is 2.37. The van der Waals surface area contributed by atoms with E-state index in [0.29, 0.717) is 12.0 Å². The zero-order chi connectivity index (χ0) is 13.9. The highest BCUT2D eigenvalue weighted by Gasteiger charge is 2.31. The molecule has 0 aromatic heterocycles. The lowest BCUT2D eigenvalue weighted by Gasteiger charge is -2.44. The second-order valence-electron chi connectivity index (χ2n) is 6.30. The van der Waals surface area contributed by atoms with Gasteiger partial charge in [-0.15, -0.1) is 0 Å². The van der Waals surface area contributed by atoms with Gasteiger partial charge in [0.25, 0.3) is 0 Å². The SMILES string of the molecule is CN1CCN(C2CCCCCC2CN)c2ccccc21. The van der Waals surface area contributed by atoms with Gasteiger partial charge < -0.3 is 15.5 Å². The Morgan fingerprint density at radius 2 is 1.80 bits per heavy atom. The third-order valence-electron chi connectivity index (χ3n) is 5.10. The molecule has 20 heavy (non-hydrogen) atoms. The number of benzene rings is 1. The minimum atomic E-state index is 0.636. The molecule has 0 amide bonds. The Balaban J connectivity index is 1.91. The lowest BCUT2D eigenvalue weighted by molar-refractivity contribution is 0.380. The van der Waals surface area contributed by atoms with Gasteiger partial charge in [-0.1, -0.05) is 31.4 Å². The van der Waals surface area contributed by atoms with E-state index in [-0.39, 0.29) is 0 Å². The second-order valence-corrected chi connectivity index (χ2v) is 6.30. The zero-order valence-corrected chi connectivity index (χ0v) is 12.6. The number of nitrogens with two attached hydrogens (primary N) is 1. The fourth-order valence-corrected chi connectivity index (χ4v) is 3.92. The second kappa shape index (κ2) is 6.04. The maximum Gasteiger partial charge on any atom is 0.0607 e. The highest BCUT2D eigenvalue weighted by atomic mass is 15.3. The summed E-state index contributed by atoms with van der Waals surface area (Å²) >= 11 is 0. The number of likely N-dealkylation sites (N-methyl/N-ethyl adjacent to an activating group) is 1. The van der Waals surface area contributed by atoms with E-state index in [9.17, 15) is 0 Å². The average molecular weight is 273 g/mol. The summed E-state index contributed by atoms with van der Waals surface area (Å²) in [5, 5.41) is 0. The van der Waals surface area contributed by atoms with Crippen LogP contribution in [0.3, 0.4) is 0 Å². The summed E-state index contributed by atoms with van der Waals surface area (Å²) in [5.74, 6) is 0.661. The standard InChI is InChI=1S/C17H27N3/c1-19-11-12-20(17-10-6-5-9-16(17)19)15-8-4-2-3-7-14(15)13-18/h5-6,9-10,14-15H,2-4,7-8,11-13,18H2,1H3. The van der Waals surface area contributed by atoms with Gasteiger partial charge in [-0.3, -0.25) is 0 Å². The molecule has 0 spiro atoms. The summed E-state index contributed by atoms with van der Waals surface area (Å²) in [7, 11) is 2.20. The van der Waals surface area contributed by atoms with Crippen molar-refractivity contribution < 1.29 is 0 Å². The van der Waals surface area contributed by atoms with Gasteiger partial charge in [0.2, 0.25) is 0 Å². The van der Waals surface area contributed by atoms with Crippen molar-refractivity contribution in [1.82, 2.24) is 0 Å². The van der Waals surface area contributed by atoms with E-state index >= 15 is 0 Å². The molecule has 110 valence electrons. The third-order valence-corrected chi connectivity index (χ3v) is 5.10. The van der Waals surface area contributed by atoms with E-state index < -0.39 is 0 Å². The van der Waals surface area contributed by atoms with Gasteiger partial charge in [0.05, 0.1) is 11.4 Å². The molecule has 2 N–H and O–H groups in total. The monoisotopic (exact) mass is 273 g/mol. The van der Waals surface area contributed by atoms with Crippen molar-refractivity contribution in [2.75, 3.05) is 36.5 Å². The molecule has 2 aliphatic rings. The van der Waals surface area contributed by atoms with E-state index in [0.717, 1.165) is 19.6 Å². The van der Waals surface area contributed by atoms with Gasteiger partial charge in [0, 0.05) is 26.2 Å². The number of anilines is 2. The normalized spacial score (nSPS) is 27.1. The van der Waals surface area contributed by atoms with Gasteiger partial charge in [-0.2, -0.15) is 0 Å². The first-order valence-corrected chi connectivity index (χ1v) is 8.08. The van der Waals surface area contributed by atoms with Crippen molar-refractivity contribution >= 4 is 11.4 Å². The van der Waals surface area contributed by atoms with Crippen LogP contribution in [0.15, 0.2) is 24.3 Å². The van der Waals surface area contributed by atoms with Crippen LogP contribution >= 0.6 is 0 Å². The molecule has 2 atom stereocenters. The Bertz CT molecular complexity index is 446. The predicted molar refractivity (Wildman–Crippen MR) is 86.5 cm³/mol. The van der Waals surface area contributed by atoms with E-state index in [1.807, 2.05) is 0 Å². The smallest absolute Gasteiger partial charge is 0.0607 e. The van der Waals surface area contributed by atoms with Gasteiger partial charge in [-0.05, 0) is 37.4 Å². The average Bonchev–Trinajstić information content (AvgIpc) is 2.73. The third kappa shape index (κ3) is 2.51. The largest absolute Gasteiger partial charge is 0.371 e. The van der Waals surface area contributed by atoms with Crippen LogP contribution in [-0.2, 0) is 0 Å². The van der Waals surface area contributed by atoms with Crippen LogP contribution in [0.2, 0.25) is 0 Å². The summed E-state index contributed by atoms with van der Waals surface area (Å²) in [4.78, 5) is 5.03. The quantitative estimate of drug-likeness (QED) is 0.841. The summed E-state index contributed by atoms with van der Waals surface area (Å²) < 4.78 is 0. The minimum Gasteiger partial charge on any atom is -0.371 e. The van der Waals surface area contributed by atoms with Crippen LogP contribution in [0.1, 0.15) is 32.1 Å². The molecule has 1 heterocycles. The summed E-state index contributed by atoms with van der Waals surface area (Å²) in [6.07, 6.45) is 6.70. The van der Waals surface area contributed by atoms with Gasteiger partial charge in [0.15, 0.2) is 0 Å². The van der Waals surface area contributed by atoms with Crippen LogP contribution in [0.5, 0.6) is 0 Å². The Morgan fingerprint density at radius 1 is 1.05 bits per heavy atom. The molecular weight excluding hydrogens is 246 g/mol. The molecule has 2 unspecified atom stereocenters. The molecule has 0 bridgehead atoms. The lowest BCUT2D eigenvalue weighted by atomic mass is 9.92. The highest BCUT2D eigenvalue weighted by molar-refractivity contribution is 5.73. The molecule has 1 aliphatic carbocycles. The molecule has 1 aliphatic heterocycles. The number of nitrogens with zero attached hydrogens (tertiary/aromatic N) is 2. The number of rotatable bonds is 2.